The molecule has 17 heavy (non-hydrogen) atoms. The molecule has 0 bridgehead atoms. The van der Waals surface area contributed by atoms with Crippen molar-refractivity contribution in [1.29, 1.82) is 0 Å². The highest BCUT2D eigenvalue weighted by atomic mass is 16.5. The molecule has 94 valence electrons. The number of hydrogen-bond donors (Lipinski definition) is 1. The van der Waals surface area contributed by atoms with Gasteiger partial charge in [-0.15, -0.1) is 0 Å². The predicted octanol–water partition coefficient (Wildman–Crippen LogP) is 3.47. The molecule has 2 unspecified atom stereocenters. The summed E-state index contributed by atoms with van der Waals surface area (Å²) in [6, 6.07) is 2.02. The van der Waals surface area contributed by atoms with Crippen molar-refractivity contribution in [2.24, 2.45) is 5.92 Å². The van der Waals surface area contributed by atoms with Crippen LogP contribution in [-0.4, -0.2) is 18.1 Å². The van der Waals surface area contributed by atoms with Crippen LogP contribution in [0.3, 0.4) is 0 Å². The van der Waals surface area contributed by atoms with Gasteiger partial charge < -0.3 is 10.1 Å². The third-order valence-corrected chi connectivity index (χ3v) is 3.62. The Labute approximate surface area is 104 Å². The lowest BCUT2D eigenvalue weighted by molar-refractivity contribution is 0.121. The normalized spacial score (nSPS) is 24.4. The van der Waals surface area contributed by atoms with Gasteiger partial charge in [-0.2, -0.15) is 0 Å². The third kappa shape index (κ3) is 3.35. The molecule has 2 atom stereocenters. The minimum absolute atomic E-state index is 0.377. The summed E-state index contributed by atoms with van der Waals surface area (Å²) in [5.41, 5.74) is 1.00. The summed E-state index contributed by atoms with van der Waals surface area (Å²) in [5.74, 6) is 1.73. The fraction of sp³-hybridized carbons (Fsp3) is 0.643. The van der Waals surface area contributed by atoms with Gasteiger partial charge in [0.2, 0.25) is 0 Å². The standard InChI is InChI=1S/C14H22N2O/c1-3-11-5-4-6-13(7-11)17-14-8-12(15-2)9-16-10-14/h8-11,13,15H,3-7H2,1-2H3. The van der Waals surface area contributed by atoms with Gasteiger partial charge in [-0.3, -0.25) is 4.98 Å². The molecule has 0 aliphatic heterocycles. The monoisotopic (exact) mass is 234 g/mol. The fourth-order valence-corrected chi connectivity index (χ4v) is 2.53. The number of rotatable bonds is 4. The SMILES string of the molecule is CCC1CCCC(Oc2cncc(NC)c2)C1. The van der Waals surface area contributed by atoms with Gasteiger partial charge in [-0.05, 0) is 25.2 Å². The zero-order valence-corrected chi connectivity index (χ0v) is 10.8. The van der Waals surface area contributed by atoms with Gasteiger partial charge in [0.15, 0.2) is 0 Å². The Morgan fingerprint density at radius 1 is 1.41 bits per heavy atom. The molecule has 1 fully saturated rings. The average molecular weight is 234 g/mol. The number of anilines is 1. The van der Waals surface area contributed by atoms with Crippen LogP contribution >= 0.6 is 0 Å². The summed E-state index contributed by atoms with van der Waals surface area (Å²) in [4.78, 5) is 4.17. The largest absolute Gasteiger partial charge is 0.489 e. The lowest BCUT2D eigenvalue weighted by atomic mass is 9.85. The van der Waals surface area contributed by atoms with Crippen molar-refractivity contribution in [3.8, 4) is 5.75 Å². The van der Waals surface area contributed by atoms with Crippen molar-refractivity contribution >= 4 is 5.69 Å². The Bertz CT molecular complexity index is 354. The van der Waals surface area contributed by atoms with Crippen LogP contribution in [-0.2, 0) is 0 Å². The highest BCUT2D eigenvalue weighted by Crippen LogP contribution is 2.29. The third-order valence-electron chi connectivity index (χ3n) is 3.62. The van der Waals surface area contributed by atoms with Crippen molar-refractivity contribution < 1.29 is 4.74 Å². The first-order valence-electron chi connectivity index (χ1n) is 6.61. The molecule has 2 rings (SSSR count). The second kappa shape index (κ2) is 5.89. The Hall–Kier alpha value is -1.25. The molecule has 1 aromatic rings. The van der Waals surface area contributed by atoms with E-state index in [0.29, 0.717) is 6.10 Å². The Balaban J connectivity index is 1.95. The Kier molecular flexibility index (Phi) is 4.24. The van der Waals surface area contributed by atoms with E-state index in [4.69, 9.17) is 4.74 Å². The van der Waals surface area contributed by atoms with Crippen LogP contribution in [0, 0.1) is 5.92 Å². The van der Waals surface area contributed by atoms with E-state index in [1.807, 2.05) is 19.3 Å². The molecule has 3 nitrogen and oxygen atoms in total. The maximum atomic E-state index is 6.03. The summed E-state index contributed by atoms with van der Waals surface area (Å²) in [7, 11) is 1.90. The van der Waals surface area contributed by atoms with E-state index in [-0.39, 0.29) is 0 Å². The Morgan fingerprint density at radius 2 is 2.29 bits per heavy atom. The number of ether oxygens (including phenoxy) is 1. The summed E-state index contributed by atoms with van der Waals surface area (Å²) in [5, 5.41) is 3.08. The molecule has 1 heterocycles. The summed E-state index contributed by atoms with van der Waals surface area (Å²) < 4.78 is 6.03. The van der Waals surface area contributed by atoms with Crippen molar-refractivity contribution in [1.82, 2.24) is 4.98 Å². The number of nitrogens with zero attached hydrogens (tertiary/aromatic N) is 1. The van der Waals surface area contributed by atoms with Gasteiger partial charge in [0, 0.05) is 13.1 Å². The van der Waals surface area contributed by atoms with E-state index < -0.39 is 0 Å². The van der Waals surface area contributed by atoms with E-state index in [1.54, 1.807) is 6.20 Å². The number of hydrogen-bond acceptors (Lipinski definition) is 3. The highest BCUT2D eigenvalue weighted by molar-refractivity contribution is 5.44. The summed E-state index contributed by atoms with van der Waals surface area (Å²) >= 11 is 0. The smallest absolute Gasteiger partial charge is 0.140 e. The van der Waals surface area contributed by atoms with Gasteiger partial charge in [0.05, 0.1) is 24.2 Å². The highest BCUT2D eigenvalue weighted by Gasteiger charge is 2.22. The molecule has 1 aromatic heterocycles. The molecular formula is C14H22N2O. The number of pyridine rings is 1. The zero-order chi connectivity index (χ0) is 12.1. The van der Waals surface area contributed by atoms with Crippen LogP contribution in [0.2, 0.25) is 0 Å². The Morgan fingerprint density at radius 3 is 3.06 bits per heavy atom. The van der Waals surface area contributed by atoms with E-state index in [0.717, 1.165) is 17.4 Å². The van der Waals surface area contributed by atoms with Crippen LogP contribution in [0.25, 0.3) is 0 Å². The van der Waals surface area contributed by atoms with E-state index >= 15 is 0 Å². The minimum Gasteiger partial charge on any atom is -0.489 e. The van der Waals surface area contributed by atoms with Crippen LogP contribution in [0.15, 0.2) is 18.5 Å². The first-order valence-corrected chi connectivity index (χ1v) is 6.61. The lowest BCUT2D eigenvalue weighted by Gasteiger charge is -2.28. The molecule has 0 spiro atoms. The number of nitrogens with one attached hydrogen (secondary N) is 1. The molecule has 1 aliphatic rings. The molecule has 0 radical (unpaired) electrons. The first kappa shape index (κ1) is 12.2. The van der Waals surface area contributed by atoms with Crippen LogP contribution in [0.4, 0.5) is 5.69 Å². The summed E-state index contributed by atoms with van der Waals surface area (Å²) in [6.07, 6.45) is 10.3. The maximum Gasteiger partial charge on any atom is 0.140 e. The van der Waals surface area contributed by atoms with Crippen molar-refractivity contribution in [3.63, 3.8) is 0 Å². The van der Waals surface area contributed by atoms with Crippen LogP contribution in [0.1, 0.15) is 39.0 Å². The summed E-state index contributed by atoms with van der Waals surface area (Å²) in [6.45, 7) is 2.27. The second-order valence-electron chi connectivity index (χ2n) is 4.84. The second-order valence-corrected chi connectivity index (χ2v) is 4.84. The van der Waals surface area contributed by atoms with Gasteiger partial charge in [0.25, 0.3) is 0 Å². The van der Waals surface area contributed by atoms with E-state index in [2.05, 4.69) is 17.2 Å². The van der Waals surface area contributed by atoms with Gasteiger partial charge in [0.1, 0.15) is 5.75 Å². The molecule has 3 heteroatoms. The zero-order valence-electron chi connectivity index (χ0n) is 10.8. The van der Waals surface area contributed by atoms with Crippen molar-refractivity contribution in [3.05, 3.63) is 18.5 Å². The van der Waals surface area contributed by atoms with Gasteiger partial charge >= 0.3 is 0 Å². The van der Waals surface area contributed by atoms with Crippen molar-refractivity contribution in [2.75, 3.05) is 12.4 Å². The van der Waals surface area contributed by atoms with Crippen molar-refractivity contribution in [2.45, 2.75) is 45.1 Å². The minimum atomic E-state index is 0.377. The van der Waals surface area contributed by atoms with E-state index in [9.17, 15) is 0 Å². The quantitative estimate of drug-likeness (QED) is 0.866. The predicted molar refractivity (Wildman–Crippen MR) is 70.4 cm³/mol. The molecule has 1 N–H and O–H groups in total. The molecule has 0 saturated heterocycles. The topological polar surface area (TPSA) is 34.1 Å². The molecule has 1 saturated carbocycles. The molecule has 0 aromatic carbocycles. The number of aromatic nitrogens is 1. The molecular weight excluding hydrogens is 212 g/mol. The lowest BCUT2D eigenvalue weighted by Crippen LogP contribution is -2.25. The fourth-order valence-electron chi connectivity index (χ4n) is 2.53. The van der Waals surface area contributed by atoms with Crippen LogP contribution in [0.5, 0.6) is 5.75 Å². The first-order chi connectivity index (χ1) is 8.31. The van der Waals surface area contributed by atoms with E-state index in [1.165, 1.54) is 32.1 Å². The van der Waals surface area contributed by atoms with Crippen LogP contribution < -0.4 is 10.1 Å². The molecule has 1 aliphatic carbocycles. The maximum absolute atomic E-state index is 6.03. The molecule has 0 amide bonds. The average Bonchev–Trinajstić information content (AvgIpc) is 2.39. The van der Waals surface area contributed by atoms with Gasteiger partial charge in [-0.1, -0.05) is 19.8 Å². The van der Waals surface area contributed by atoms with Gasteiger partial charge in [-0.25, -0.2) is 0 Å².